The predicted octanol–water partition coefficient (Wildman–Crippen LogP) is 36.1. The predicted molar refractivity (Wildman–Crippen MR) is 577 cm³/mol. The van der Waals surface area contributed by atoms with E-state index in [0.717, 1.165) is 60.7 Å². The molecular weight excluding hydrogens is 1610 g/mol. The van der Waals surface area contributed by atoms with Gasteiger partial charge in [-0.1, -0.05) is 411 Å². The molecule has 23 rings (SSSR count). The van der Waals surface area contributed by atoms with Crippen LogP contribution in [0.25, 0.3) is 184 Å². The van der Waals surface area contributed by atoms with Crippen molar-refractivity contribution in [2.75, 3.05) is 0 Å². The molecule has 3 aromatic heterocycles. The molecule has 0 aliphatic rings. The first-order valence-corrected chi connectivity index (χ1v) is 48.6. The summed E-state index contributed by atoms with van der Waals surface area (Å²) >= 11 is 1.82. The molecule has 0 saturated carbocycles. The Bertz CT molecular complexity index is 7720. The number of hydrogen-bond acceptors (Lipinski definition) is 5. The molecule has 3 heterocycles. The van der Waals surface area contributed by atoms with Crippen molar-refractivity contribution in [2.45, 2.75) is 154 Å². The lowest BCUT2D eigenvalue weighted by Gasteiger charge is -2.16. The molecule has 0 saturated heterocycles. The van der Waals surface area contributed by atoms with Crippen molar-refractivity contribution >= 4 is 161 Å². The number of benzene rings is 20. The second kappa shape index (κ2) is 40.1. The maximum absolute atomic E-state index is 4.74. The van der Waals surface area contributed by atoms with E-state index in [-0.39, 0.29) is 0 Å². The third-order valence-electron chi connectivity index (χ3n) is 26.5. The fourth-order valence-electron chi connectivity index (χ4n) is 20.2. The van der Waals surface area contributed by atoms with E-state index in [1.807, 2.05) is 47.9 Å². The minimum absolute atomic E-state index is 0.687. The second-order valence-corrected chi connectivity index (χ2v) is 36.7. The Balaban J connectivity index is 0.000000107. The molecule has 0 unspecified atom stereocenters. The summed E-state index contributed by atoms with van der Waals surface area (Å²) in [6.45, 7) is 26.3. The zero-order valence-electron chi connectivity index (χ0n) is 78.5. The van der Waals surface area contributed by atoms with Crippen molar-refractivity contribution in [3.8, 4) is 34.2 Å². The zero-order valence-corrected chi connectivity index (χ0v) is 79.3. The smallest absolute Gasteiger partial charge is 0.164 e. The van der Waals surface area contributed by atoms with Gasteiger partial charge in [0.15, 0.2) is 17.5 Å². The number of aromatic nitrogens is 4. The highest BCUT2D eigenvalue weighted by atomic mass is 32.1. The summed E-state index contributed by atoms with van der Waals surface area (Å²) in [5.74, 6) is 2.07. The number of pyridine rings is 1. The average Bonchev–Trinajstić information content (AvgIpc) is 1.11. The maximum Gasteiger partial charge on any atom is 0.164 e. The van der Waals surface area contributed by atoms with Gasteiger partial charge in [-0.25, -0.2) is 15.0 Å². The fourth-order valence-corrected chi connectivity index (χ4v) is 21.4. The van der Waals surface area contributed by atoms with Crippen LogP contribution in [0.2, 0.25) is 0 Å². The Morgan fingerprint density at radius 2 is 0.492 bits per heavy atom. The minimum Gasteiger partial charge on any atom is -0.254 e. The average molecular weight is 1730 g/mol. The normalized spacial score (nSPS) is 11.4. The highest BCUT2D eigenvalue weighted by molar-refractivity contribution is 7.25. The van der Waals surface area contributed by atoms with Crippen molar-refractivity contribution in [3.63, 3.8) is 0 Å². The number of rotatable bonds is 14. The number of aryl methyl sites for hydroxylation is 12. The molecular formula is C127H116N4S. The summed E-state index contributed by atoms with van der Waals surface area (Å²) in [6.07, 6.45) is 14.7. The van der Waals surface area contributed by atoms with Gasteiger partial charge in [0.1, 0.15) is 0 Å². The first-order valence-electron chi connectivity index (χ1n) is 47.8. The summed E-state index contributed by atoms with van der Waals surface area (Å²) in [5, 5.41) is 35.1. The van der Waals surface area contributed by atoms with Crippen molar-refractivity contribution < 1.29 is 0 Å². The highest BCUT2D eigenvalue weighted by Crippen LogP contribution is 2.45. The van der Waals surface area contributed by atoms with Crippen LogP contribution in [0.15, 0.2) is 352 Å². The third kappa shape index (κ3) is 17.8. The number of unbranched alkanes of at least 4 members (excludes halogenated alkanes) is 1. The van der Waals surface area contributed by atoms with Crippen LogP contribution in [0, 0.1) is 41.5 Å². The molecule has 0 radical (unpaired) electrons. The Hall–Kier alpha value is -14.1. The molecule has 4 nitrogen and oxygen atoms in total. The van der Waals surface area contributed by atoms with Crippen LogP contribution in [0.5, 0.6) is 0 Å². The van der Waals surface area contributed by atoms with Gasteiger partial charge in [-0.05, 0) is 284 Å². The molecule has 5 heteroatoms. The van der Waals surface area contributed by atoms with Crippen LogP contribution in [0.3, 0.4) is 0 Å². The lowest BCUT2D eigenvalue weighted by molar-refractivity contribution is 0.799. The van der Waals surface area contributed by atoms with Gasteiger partial charge in [0.2, 0.25) is 0 Å². The van der Waals surface area contributed by atoms with Crippen LogP contribution in [-0.2, 0) is 38.5 Å². The number of hydrogen-bond donors (Lipinski definition) is 0. The molecule has 0 fully saturated rings. The molecule has 0 N–H and O–H groups in total. The topological polar surface area (TPSA) is 51.6 Å². The van der Waals surface area contributed by atoms with E-state index in [0.29, 0.717) is 17.5 Å². The first-order chi connectivity index (χ1) is 64.7. The third-order valence-corrected chi connectivity index (χ3v) is 27.6. The Labute approximate surface area is 781 Å². The van der Waals surface area contributed by atoms with E-state index in [2.05, 4.69) is 404 Å². The molecule has 20 aromatic carbocycles. The standard InChI is InChI=1S/C25H26.C24H24.C23H19N3.C22H20.C20H16.C13H11NS/c1-3-5-11-19-13-9-17-23-22-16-8-12-18(10-4-2)24(22)20-14-6-7-15-21(20)25(19)23;1-3-9-17-11-7-15-21-22-16-8-12-18(10-4-2)24(22)20-14-6-5-13-19(20)23(17)21;1-16-8-12-19(13-9-16)22-24-21(18-6-4-3-5-7-18)25-23(26-22)20-14-10-17(2)11-15-20;1-3-15-9-7-13-19-20-14-8-10-16(4-2)22(20)18-12-6-5-11-17(18)21(15)19;1-13-7-5-11-17-18-12-6-8-14(2)20(18)16-10-4-3-9-15(16)19(13)17;1-8-3-4-11-10(5-8)13-12(15-11)6-9(2)7-14-13/h6-9,12-17H,3-5,10-11H2,1-2H3;5-8,11-16H,3-4,9-10H2,1-2H3;3-15H,1-2H3;5-14H,3-4H2,1-2H3;3-12H,1-2H3;3-7H,1-2H3. The summed E-state index contributed by atoms with van der Waals surface area (Å²) in [7, 11) is 0. The first kappa shape index (κ1) is 88.5. The van der Waals surface area contributed by atoms with Gasteiger partial charge in [0, 0.05) is 33.0 Å². The van der Waals surface area contributed by atoms with E-state index < -0.39 is 0 Å². The van der Waals surface area contributed by atoms with Crippen LogP contribution in [-0.4, -0.2) is 19.9 Å². The van der Waals surface area contributed by atoms with Crippen molar-refractivity contribution in [3.05, 3.63) is 419 Å². The largest absolute Gasteiger partial charge is 0.254 e. The van der Waals surface area contributed by atoms with Gasteiger partial charge in [0.05, 0.1) is 10.2 Å². The summed E-state index contributed by atoms with van der Waals surface area (Å²) in [4.78, 5) is 18.7. The van der Waals surface area contributed by atoms with Crippen molar-refractivity contribution in [2.24, 2.45) is 0 Å². The van der Waals surface area contributed by atoms with Gasteiger partial charge in [0.25, 0.3) is 0 Å². The number of nitrogens with zero attached hydrogens (tertiary/aromatic N) is 4. The SMILES string of the molecule is CCCCc1cccc2c3cccc(CCC)c3c3ccccc3c12.CCCc1cccc2c3cccc(CCC)c3c3ccccc3c12.CCc1cccc2c3cccc(CC)c3c3ccccc3c12.Cc1ccc(-c2nc(-c3ccccc3)nc(-c3ccc(C)cc3)n2)cc1.Cc1cccc2c3cccc(C)c3c3ccccc3c12.Cc1cnc2c(c1)sc1ccc(C)cc12. The molecule has 0 aliphatic heterocycles. The molecule has 0 atom stereocenters. The minimum atomic E-state index is 0.687. The second-order valence-electron chi connectivity index (χ2n) is 35.6. The lowest BCUT2D eigenvalue weighted by atomic mass is 9.88. The van der Waals surface area contributed by atoms with E-state index >= 15 is 0 Å². The Kier molecular flexibility index (Phi) is 26.9. The Morgan fingerprint density at radius 3 is 0.818 bits per heavy atom. The zero-order chi connectivity index (χ0) is 90.9. The van der Waals surface area contributed by atoms with Gasteiger partial charge in [-0.2, -0.15) is 0 Å². The number of fused-ring (bicyclic) bond motifs is 27. The molecule has 0 bridgehead atoms. The van der Waals surface area contributed by atoms with E-state index in [9.17, 15) is 0 Å². The quantitative estimate of drug-likeness (QED) is 0.102. The number of thiophene rings is 1. The summed E-state index contributed by atoms with van der Waals surface area (Å²) < 4.78 is 2.62. The van der Waals surface area contributed by atoms with Gasteiger partial charge in [-0.15, -0.1) is 11.3 Å². The molecule has 0 amide bonds. The van der Waals surface area contributed by atoms with Crippen LogP contribution in [0.4, 0.5) is 0 Å². The Morgan fingerprint density at radius 1 is 0.212 bits per heavy atom. The van der Waals surface area contributed by atoms with Crippen LogP contribution < -0.4 is 0 Å². The van der Waals surface area contributed by atoms with Crippen molar-refractivity contribution in [1.82, 2.24) is 19.9 Å². The molecule has 650 valence electrons. The maximum atomic E-state index is 4.74. The summed E-state index contributed by atoms with van der Waals surface area (Å²) in [6, 6.07) is 125. The lowest BCUT2D eigenvalue weighted by Crippen LogP contribution is -2.00. The van der Waals surface area contributed by atoms with E-state index in [1.165, 1.54) is 243 Å². The van der Waals surface area contributed by atoms with Gasteiger partial charge >= 0.3 is 0 Å². The van der Waals surface area contributed by atoms with Gasteiger partial charge in [-0.3, -0.25) is 4.98 Å². The monoisotopic (exact) mass is 1730 g/mol. The van der Waals surface area contributed by atoms with Crippen LogP contribution >= 0.6 is 11.3 Å². The molecule has 0 aliphatic carbocycles. The summed E-state index contributed by atoms with van der Waals surface area (Å²) in [5.41, 5.74) is 20.6. The molecule has 132 heavy (non-hydrogen) atoms. The molecule has 0 spiro atoms. The van der Waals surface area contributed by atoms with E-state index in [4.69, 9.17) is 15.0 Å². The van der Waals surface area contributed by atoms with Gasteiger partial charge < -0.3 is 0 Å². The van der Waals surface area contributed by atoms with Crippen LogP contribution in [0.1, 0.15) is 140 Å². The van der Waals surface area contributed by atoms with E-state index in [1.54, 1.807) is 0 Å². The fraction of sp³-hybridized carbons (Fsp3) is 0.181. The highest BCUT2D eigenvalue weighted by Gasteiger charge is 2.20. The molecule has 23 aromatic rings. The van der Waals surface area contributed by atoms with Crippen molar-refractivity contribution in [1.29, 1.82) is 0 Å².